The molecule has 1 fully saturated rings. The van der Waals surface area contributed by atoms with Gasteiger partial charge in [-0.25, -0.2) is 0 Å². The maximum absolute atomic E-state index is 12.9. The molecule has 2 unspecified atom stereocenters. The number of hydrogen-bond donors (Lipinski definition) is 0. The van der Waals surface area contributed by atoms with Crippen LogP contribution in [-0.4, -0.2) is 41.4 Å². The van der Waals surface area contributed by atoms with Crippen molar-refractivity contribution in [2.45, 2.75) is 51.6 Å². The molecular formula is C18H26N2O. The minimum atomic E-state index is 0.106. The van der Waals surface area contributed by atoms with Crippen LogP contribution >= 0.6 is 0 Å². The zero-order valence-electron chi connectivity index (χ0n) is 13.2. The predicted octanol–water partition coefficient (Wildman–Crippen LogP) is 3.01. The molecule has 3 nitrogen and oxygen atoms in total. The number of carbonyl (C=O) groups is 1. The van der Waals surface area contributed by atoms with Gasteiger partial charge in [-0.1, -0.05) is 38.1 Å². The molecule has 0 N–H and O–H groups in total. The first-order chi connectivity index (χ1) is 10.3. The molecule has 1 aromatic carbocycles. The van der Waals surface area contributed by atoms with Gasteiger partial charge in [0.15, 0.2) is 0 Å². The summed E-state index contributed by atoms with van der Waals surface area (Å²) in [4.78, 5) is 17.3. The summed E-state index contributed by atoms with van der Waals surface area (Å²) in [5.41, 5.74) is 2.82. The van der Waals surface area contributed by atoms with Crippen LogP contribution in [0, 0.1) is 0 Å². The minimum Gasteiger partial charge on any atom is -0.334 e. The van der Waals surface area contributed by atoms with Crippen LogP contribution in [0.25, 0.3) is 0 Å². The van der Waals surface area contributed by atoms with Crippen molar-refractivity contribution in [2.75, 3.05) is 19.6 Å². The van der Waals surface area contributed by atoms with Gasteiger partial charge in [0.2, 0.25) is 5.91 Å². The quantitative estimate of drug-likeness (QED) is 0.849. The molecule has 1 amide bonds. The van der Waals surface area contributed by atoms with E-state index < -0.39 is 0 Å². The Hall–Kier alpha value is -1.35. The number of likely N-dealkylation sites (tertiary alicyclic amines) is 1. The van der Waals surface area contributed by atoms with Gasteiger partial charge in [0, 0.05) is 6.54 Å². The van der Waals surface area contributed by atoms with E-state index in [-0.39, 0.29) is 6.04 Å². The van der Waals surface area contributed by atoms with Crippen molar-refractivity contribution in [1.29, 1.82) is 0 Å². The van der Waals surface area contributed by atoms with E-state index in [0.717, 1.165) is 38.9 Å². The number of aryl methyl sites for hydroxylation is 1. The molecule has 1 heterocycles. The second-order valence-electron chi connectivity index (χ2n) is 6.16. The summed E-state index contributed by atoms with van der Waals surface area (Å²) in [6.45, 7) is 7.13. The Morgan fingerprint density at radius 3 is 2.71 bits per heavy atom. The molecule has 3 heteroatoms. The van der Waals surface area contributed by atoms with E-state index in [4.69, 9.17) is 0 Å². The van der Waals surface area contributed by atoms with Gasteiger partial charge in [0.25, 0.3) is 0 Å². The summed E-state index contributed by atoms with van der Waals surface area (Å²) in [6, 6.07) is 9.09. The average Bonchev–Trinajstić information content (AvgIpc) is 2.90. The fourth-order valence-corrected chi connectivity index (χ4v) is 4.05. The molecule has 2 atom stereocenters. The van der Waals surface area contributed by atoms with Crippen molar-refractivity contribution < 1.29 is 4.79 Å². The van der Waals surface area contributed by atoms with Crippen LogP contribution in [0.15, 0.2) is 24.3 Å². The first-order valence-electron chi connectivity index (χ1n) is 8.38. The van der Waals surface area contributed by atoms with Crippen LogP contribution in [-0.2, 0) is 11.2 Å². The number of benzene rings is 1. The molecule has 1 saturated heterocycles. The van der Waals surface area contributed by atoms with Crippen LogP contribution in [0.3, 0.4) is 0 Å². The van der Waals surface area contributed by atoms with E-state index in [0.29, 0.717) is 11.9 Å². The molecule has 3 rings (SSSR count). The number of nitrogens with zero attached hydrogens (tertiary/aromatic N) is 2. The number of amides is 1. The Balaban J connectivity index is 1.82. The van der Waals surface area contributed by atoms with Crippen LogP contribution in [0.1, 0.15) is 50.3 Å². The number of rotatable bonds is 4. The smallest absolute Gasteiger partial charge is 0.240 e. The molecule has 1 aromatic rings. The highest BCUT2D eigenvalue weighted by molar-refractivity contribution is 5.84. The van der Waals surface area contributed by atoms with Gasteiger partial charge in [-0.05, 0) is 49.9 Å². The molecule has 0 radical (unpaired) electrons. The first-order valence-corrected chi connectivity index (χ1v) is 8.38. The molecule has 21 heavy (non-hydrogen) atoms. The normalized spacial score (nSPS) is 25.5. The van der Waals surface area contributed by atoms with Gasteiger partial charge in [-0.15, -0.1) is 0 Å². The summed E-state index contributed by atoms with van der Waals surface area (Å²) < 4.78 is 0. The van der Waals surface area contributed by atoms with Crippen LogP contribution < -0.4 is 0 Å². The number of likely N-dealkylation sites (N-methyl/N-ethyl adjacent to an activating group) is 1. The summed E-state index contributed by atoms with van der Waals surface area (Å²) in [6.07, 6.45) is 4.46. The second kappa shape index (κ2) is 6.18. The molecule has 1 aliphatic heterocycles. The Morgan fingerprint density at radius 2 is 1.95 bits per heavy atom. The molecule has 114 valence electrons. The zero-order chi connectivity index (χ0) is 14.8. The van der Waals surface area contributed by atoms with Crippen LogP contribution in [0.2, 0.25) is 0 Å². The number of carbonyl (C=O) groups excluding carboxylic acids is 1. The SMILES string of the molecule is CCN(CC)C1CCN(C2CCCc3ccccc32)C1=O. The monoisotopic (exact) mass is 286 g/mol. The van der Waals surface area contributed by atoms with Gasteiger partial charge in [-0.2, -0.15) is 0 Å². The topological polar surface area (TPSA) is 23.6 Å². The Morgan fingerprint density at radius 1 is 1.19 bits per heavy atom. The zero-order valence-corrected chi connectivity index (χ0v) is 13.2. The van der Waals surface area contributed by atoms with Gasteiger partial charge in [-0.3, -0.25) is 9.69 Å². The number of hydrogen-bond acceptors (Lipinski definition) is 2. The van der Waals surface area contributed by atoms with Gasteiger partial charge >= 0.3 is 0 Å². The van der Waals surface area contributed by atoms with Gasteiger partial charge < -0.3 is 4.90 Å². The highest BCUT2D eigenvalue weighted by Crippen LogP contribution is 2.37. The minimum absolute atomic E-state index is 0.106. The summed E-state index contributed by atoms with van der Waals surface area (Å²) in [7, 11) is 0. The second-order valence-corrected chi connectivity index (χ2v) is 6.16. The third kappa shape index (κ3) is 2.59. The third-order valence-electron chi connectivity index (χ3n) is 5.18. The molecule has 2 aliphatic rings. The fraction of sp³-hybridized carbons (Fsp3) is 0.611. The lowest BCUT2D eigenvalue weighted by Gasteiger charge is -2.34. The van der Waals surface area contributed by atoms with Crippen molar-refractivity contribution in [1.82, 2.24) is 9.80 Å². The summed E-state index contributed by atoms with van der Waals surface area (Å²) in [5.74, 6) is 0.348. The standard InChI is InChI=1S/C18H26N2O/c1-3-19(4-2)17-12-13-20(18(17)21)16-11-7-9-14-8-5-6-10-15(14)16/h5-6,8,10,16-17H,3-4,7,9,11-13H2,1-2H3. The summed E-state index contributed by atoms with van der Waals surface area (Å²) in [5, 5.41) is 0. The van der Waals surface area contributed by atoms with E-state index in [2.05, 4.69) is 47.9 Å². The molecule has 0 saturated carbocycles. The molecule has 1 aliphatic carbocycles. The van der Waals surface area contributed by atoms with Crippen LogP contribution in [0.4, 0.5) is 0 Å². The molecule has 0 aromatic heterocycles. The maximum atomic E-state index is 12.9. The molecule has 0 spiro atoms. The largest absolute Gasteiger partial charge is 0.334 e. The molecule has 0 bridgehead atoms. The molecular weight excluding hydrogens is 260 g/mol. The van der Waals surface area contributed by atoms with Crippen molar-refractivity contribution in [3.63, 3.8) is 0 Å². The Kier molecular flexibility index (Phi) is 4.29. The lowest BCUT2D eigenvalue weighted by molar-refractivity contribution is -0.134. The van der Waals surface area contributed by atoms with Crippen molar-refractivity contribution >= 4 is 5.91 Å². The van der Waals surface area contributed by atoms with Gasteiger partial charge in [0.1, 0.15) is 0 Å². The number of fused-ring (bicyclic) bond motifs is 1. The lowest BCUT2D eigenvalue weighted by Crippen LogP contribution is -2.43. The average molecular weight is 286 g/mol. The fourth-order valence-electron chi connectivity index (χ4n) is 4.05. The van der Waals surface area contributed by atoms with E-state index in [9.17, 15) is 4.79 Å². The lowest BCUT2D eigenvalue weighted by atomic mass is 9.87. The van der Waals surface area contributed by atoms with Crippen LogP contribution in [0.5, 0.6) is 0 Å². The van der Waals surface area contributed by atoms with Crippen molar-refractivity contribution in [3.05, 3.63) is 35.4 Å². The van der Waals surface area contributed by atoms with Crippen molar-refractivity contribution in [2.24, 2.45) is 0 Å². The van der Waals surface area contributed by atoms with E-state index in [1.807, 2.05) is 0 Å². The highest BCUT2D eigenvalue weighted by atomic mass is 16.2. The van der Waals surface area contributed by atoms with Crippen molar-refractivity contribution in [3.8, 4) is 0 Å². The van der Waals surface area contributed by atoms with E-state index >= 15 is 0 Å². The predicted molar refractivity (Wildman–Crippen MR) is 85.2 cm³/mol. The van der Waals surface area contributed by atoms with Gasteiger partial charge in [0.05, 0.1) is 12.1 Å². The highest BCUT2D eigenvalue weighted by Gasteiger charge is 2.39. The first kappa shape index (κ1) is 14.6. The Bertz CT molecular complexity index is 510. The van der Waals surface area contributed by atoms with E-state index in [1.165, 1.54) is 17.5 Å². The third-order valence-corrected chi connectivity index (χ3v) is 5.18. The summed E-state index contributed by atoms with van der Waals surface area (Å²) >= 11 is 0. The maximum Gasteiger partial charge on any atom is 0.240 e. The van der Waals surface area contributed by atoms with E-state index in [1.54, 1.807) is 0 Å². The Labute approximate surface area is 127 Å².